The zero-order valence-corrected chi connectivity index (χ0v) is 17.2. The van der Waals surface area contributed by atoms with Crippen LogP contribution in [0.5, 0.6) is 5.75 Å². The van der Waals surface area contributed by atoms with E-state index in [4.69, 9.17) is 4.74 Å². The lowest BCUT2D eigenvalue weighted by atomic mass is 9.86. The van der Waals surface area contributed by atoms with Crippen LogP contribution < -0.4 is 4.74 Å². The van der Waals surface area contributed by atoms with Crippen LogP contribution in [0, 0.1) is 13.8 Å². The minimum absolute atomic E-state index is 0.0189. The van der Waals surface area contributed by atoms with E-state index >= 15 is 0 Å². The molecule has 2 atom stereocenters. The number of methoxy groups -OCH3 is 1. The molecule has 3 aromatic rings. The molecular formula is C27H26O2. The van der Waals surface area contributed by atoms with Crippen molar-refractivity contribution in [1.29, 1.82) is 0 Å². The van der Waals surface area contributed by atoms with Crippen LogP contribution in [0.15, 0.2) is 84.4 Å². The van der Waals surface area contributed by atoms with Crippen molar-refractivity contribution < 1.29 is 9.53 Å². The molecule has 0 saturated carbocycles. The third-order valence-electron chi connectivity index (χ3n) is 5.81. The Kier molecular flexibility index (Phi) is 5.35. The van der Waals surface area contributed by atoms with Gasteiger partial charge in [0.05, 0.1) is 7.11 Å². The summed E-state index contributed by atoms with van der Waals surface area (Å²) in [6, 6.07) is 24.5. The fourth-order valence-electron chi connectivity index (χ4n) is 4.26. The number of aryl methyl sites for hydroxylation is 2. The van der Waals surface area contributed by atoms with E-state index in [9.17, 15) is 4.79 Å². The quantitative estimate of drug-likeness (QED) is 0.478. The van der Waals surface area contributed by atoms with E-state index in [1.807, 2.05) is 49.4 Å². The van der Waals surface area contributed by atoms with Gasteiger partial charge in [-0.15, -0.1) is 0 Å². The number of rotatable bonds is 5. The Hall–Kier alpha value is -3.13. The Morgan fingerprint density at radius 1 is 0.897 bits per heavy atom. The monoisotopic (exact) mass is 382 g/mol. The first-order valence-corrected chi connectivity index (χ1v) is 10.1. The third kappa shape index (κ3) is 3.88. The number of hydrogen-bond acceptors (Lipinski definition) is 2. The van der Waals surface area contributed by atoms with Crippen LogP contribution in [0.4, 0.5) is 0 Å². The van der Waals surface area contributed by atoms with Crippen LogP contribution in [-0.4, -0.2) is 12.9 Å². The normalized spacial score (nSPS) is 18.4. The number of carbonyl (C=O) groups excluding carboxylic acids is 1. The van der Waals surface area contributed by atoms with Gasteiger partial charge in [-0.2, -0.15) is 0 Å². The molecule has 0 bridgehead atoms. The first-order chi connectivity index (χ1) is 14.1. The summed E-state index contributed by atoms with van der Waals surface area (Å²) in [6.45, 7) is 4.12. The van der Waals surface area contributed by atoms with Crippen LogP contribution in [0.2, 0.25) is 0 Å². The van der Waals surface area contributed by atoms with E-state index in [1.54, 1.807) is 7.11 Å². The standard InChI is InChI=1S/C27H26O2/c1-18-11-13-20(14-12-18)22-16-24(23-9-4-5-10-26(23)29-3)25(17-22)27(28)21-8-6-7-19(2)15-21/h4-15,17,22,24H,16H2,1-3H3. The molecule has 2 unspecified atom stereocenters. The topological polar surface area (TPSA) is 26.3 Å². The van der Waals surface area contributed by atoms with Crippen LogP contribution >= 0.6 is 0 Å². The smallest absolute Gasteiger partial charge is 0.189 e. The van der Waals surface area contributed by atoms with Crippen molar-refractivity contribution in [3.05, 3.63) is 112 Å². The first kappa shape index (κ1) is 19.2. The second-order valence-electron chi connectivity index (χ2n) is 7.87. The van der Waals surface area contributed by atoms with E-state index in [1.165, 1.54) is 11.1 Å². The molecule has 2 heteroatoms. The molecule has 4 rings (SSSR count). The average Bonchev–Trinajstić information content (AvgIpc) is 3.19. The largest absolute Gasteiger partial charge is 0.496 e. The van der Waals surface area contributed by atoms with Crippen molar-refractivity contribution in [2.45, 2.75) is 32.1 Å². The summed E-state index contributed by atoms with van der Waals surface area (Å²) in [5.41, 5.74) is 6.29. The fourth-order valence-corrected chi connectivity index (χ4v) is 4.26. The Labute approximate surface area is 172 Å². The Bertz CT molecular complexity index is 1060. The van der Waals surface area contributed by atoms with Crippen LogP contribution in [0.25, 0.3) is 0 Å². The van der Waals surface area contributed by atoms with E-state index in [0.29, 0.717) is 0 Å². The molecule has 0 aliphatic heterocycles. The number of ether oxygens (including phenoxy) is 1. The highest BCUT2D eigenvalue weighted by Crippen LogP contribution is 2.46. The number of hydrogen-bond donors (Lipinski definition) is 0. The van der Waals surface area contributed by atoms with Gasteiger partial charge in [-0.25, -0.2) is 0 Å². The molecule has 1 aliphatic rings. The molecule has 0 radical (unpaired) electrons. The summed E-state index contributed by atoms with van der Waals surface area (Å²) in [5, 5.41) is 0. The number of benzene rings is 3. The molecule has 0 spiro atoms. The van der Waals surface area contributed by atoms with E-state index in [0.717, 1.165) is 34.4 Å². The predicted molar refractivity (Wildman–Crippen MR) is 118 cm³/mol. The van der Waals surface area contributed by atoms with Crippen molar-refractivity contribution in [1.82, 2.24) is 0 Å². The Morgan fingerprint density at radius 3 is 2.38 bits per heavy atom. The summed E-state index contributed by atoms with van der Waals surface area (Å²) in [5.74, 6) is 1.18. The lowest BCUT2D eigenvalue weighted by Gasteiger charge is -2.19. The molecule has 0 saturated heterocycles. The molecule has 146 valence electrons. The van der Waals surface area contributed by atoms with Gasteiger partial charge in [0.2, 0.25) is 0 Å². The molecule has 1 aliphatic carbocycles. The van der Waals surface area contributed by atoms with Gasteiger partial charge in [-0.1, -0.05) is 77.9 Å². The summed E-state index contributed by atoms with van der Waals surface area (Å²) < 4.78 is 5.63. The average molecular weight is 383 g/mol. The number of ketones is 1. The number of Topliss-reactive ketones (excluding diaryl/α,β-unsaturated/α-hetero) is 1. The summed E-state index contributed by atoms with van der Waals surface area (Å²) in [7, 11) is 1.69. The highest BCUT2D eigenvalue weighted by molar-refractivity contribution is 6.10. The van der Waals surface area contributed by atoms with Crippen molar-refractivity contribution in [3.8, 4) is 5.75 Å². The summed E-state index contributed by atoms with van der Waals surface area (Å²) in [4.78, 5) is 13.5. The van der Waals surface area contributed by atoms with Gasteiger partial charge in [0.25, 0.3) is 0 Å². The number of carbonyl (C=O) groups is 1. The van der Waals surface area contributed by atoms with Crippen LogP contribution in [-0.2, 0) is 0 Å². The lowest BCUT2D eigenvalue weighted by Crippen LogP contribution is -2.10. The highest BCUT2D eigenvalue weighted by atomic mass is 16.5. The molecule has 0 aromatic heterocycles. The molecule has 3 aromatic carbocycles. The number of para-hydroxylation sites is 1. The Morgan fingerprint density at radius 2 is 1.66 bits per heavy atom. The Balaban J connectivity index is 1.78. The molecule has 0 N–H and O–H groups in total. The minimum Gasteiger partial charge on any atom is -0.496 e. The van der Waals surface area contributed by atoms with Gasteiger partial charge < -0.3 is 4.74 Å². The maximum Gasteiger partial charge on any atom is 0.189 e. The zero-order valence-electron chi connectivity index (χ0n) is 17.2. The van der Waals surface area contributed by atoms with Gasteiger partial charge in [0, 0.05) is 28.5 Å². The maximum atomic E-state index is 13.5. The molecular weight excluding hydrogens is 356 g/mol. The van der Waals surface area contributed by atoms with Crippen LogP contribution in [0.3, 0.4) is 0 Å². The number of allylic oxidation sites excluding steroid dienone is 2. The van der Waals surface area contributed by atoms with Crippen LogP contribution in [0.1, 0.15) is 50.9 Å². The summed E-state index contributed by atoms with van der Waals surface area (Å²) >= 11 is 0. The fraction of sp³-hybridized carbons (Fsp3) is 0.222. The molecule has 0 amide bonds. The lowest BCUT2D eigenvalue weighted by molar-refractivity contribution is 0.102. The van der Waals surface area contributed by atoms with Gasteiger partial charge in [-0.3, -0.25) is 4.79 Å². The summed E-state index contributed by atoms with van der Waals surface area (Å²) in [6.07, 6.45) is 3.04. The highest BCUT2D eigenvalue weighted by Gasteiger charge is 2.34. The molecule has 2 nitrogen and oxygen atoms in total. The van der Waals surface area contributed by atoms with Crippen molar-refractivity contribution in [3.63, 3.8) is 0 Å². The minimum atomic E-state index is 0.0189. The van der Waals surface area contributed by atoms with Gasteiger partial charge in [0.1, 0.15) is 5.75 Å². The van der Waals surface area contributed by atoms with E-state index in [2.05, 4.69) is 43.3 Å². The van der Waals surface area contributed by atoms with Crippen molar-refractivity contribution >= 4 is 5.78 Å². The molecule has 29 heavy (non-hydrogen) atoms. The predicted octanol–water partition coefficient (Wildman–Crippen LogP) is 6.39. The van der Waals surface area contributed by atoms with Crippen molar-refractivity contribution in [2.75, 3.05) is 7.11 Å². The molecule has 0 fully saturated rings. The van der Waals surface area contributed by atoms with Crippen molar-refractivity contribution in [2.24, 2.45) is 0 Å². The maximum absolute atomic E-state index is 13.5. The van der Waals surface area contributed by atoms with Gasteiger partial charge in [0.15, 0.2) is 5.78 Å². The van der Waals surface area contributed by atoms with Gasteiger partial charge >= 0.3 is 0 Å². The zero-order chi connectivity index (χ0) is 20.4. The second-order valence-corrected chi connectivity index (χ2v) is 7.87. The SMILES string of the molecule is COc1ccccc1C1CC(c2ccc(C)cc2)C=C1C(=O)c1cccc(C)c1. The molecule has 0 heterocycles. The van der Waals surface area contributed by atoms with E-state index in [-0.39, 0.29) is 17.6 Å². The first-order valence-electron chi connectivity index (χ1n) is 10.1. The van der Waals surface area contributed by atoms with Gasteiger partial charge in [-0.05, 0) is 38.0 Å². The van der Waals surface area contributed by atoms with E-state index < -0.39 is 0 Å². The third-order valence-corrected chi connectivity index (χ3v) is 5.81. The second kappa shape index (κ2) is 8.08.